The van der Waals surface area contributed by atoms with E-state index in [9.17, 15) is 14.4 Å². The molecule has 8 nitrogen and oxygen atoms in total. The molecule has 0 spiro atoms. The van der Waals surface area contributed by atoms with Crippen LogP contribution in [0.4, 0.5) is 5.69 Å². The molecule has 8 heteroatoms. The number of anilines is 1. The van der Waals surface area contributed by atoms with Gasteiger partial charge in [-0.2, -0.15) is 0 Å². The predicted molar refractivity (Wildman–Crippen MR) is 97.8 cm³/mol. The predicted octanol–water partition coefficient (Wildman–Crippen LogP) is 1.36. The lowest BCUT2D eigenvalue weighted by atomic mass is 10.1. The molecule has 1 aromatic carbocycles. The second-order valence-electron chi connectivity index (χ2n) is 6.07. The molecule has 3 aromatic rings. The van der Waals surface area contributed by atoms with E-state index in [-0.39, 0.29) is 17.9 Å². The van der Waals surface area contributed by atoms with E-state index in [2.05, 4.69) is 20.3 Å². The van der Waals surface area contributed by atoms with Crippen molar-refractivity contribution >= 4 is 11.6 Å². The topological polar surface area (TPSA) is 113 Å². The summed E-state index contributed by atoms with van der Waals surface area (Å²) in [4.78, 5) is 44.1. The number of nitrogens with one attached hydrogen (secondary N) is 3. The molecule has 2 heterocycles. The lowest BCUT2D eigenvalue weighted by Crippen LogP contribution is -2.29. The minimum atomic E-state index is -0.586. The summed E-state index contributed by atoms with van der Waals surface area (Å²) in [6.07, 6.45) is 1.63. The number of aromatic amines is 2. The van der Waals surface area contributed by atoms with Crippen molar-refractivity contribution in [2.45, 2.75) is 27.2 Å². The van der Waals surface area contributed by atoms with Gasteiger partial charge >= 0.3 is 5.69 Å². The Balaban J connectivity index is 1.73. The zero-order valence-electron chi connectivity index (χ0n) is 14.7. The van der Waals surface area contributed by atoms with Gasteiger partial charge in [-0.25, -0.2) is 9.78 Å². The molecule has 0 aliphatic heterocycles. The van der Waals surface area contributed by atoms with E-state index in [1.165, 1.54) is 0 Å². The summed E-state index contributed by atoms with van der Waals surface area (Å²) in [7, 11) is 0. The van der Waals surface area contributed by atoms with Gasteiger partial charge in [-0.05, 0) is 45.0 Å². The molecular weight excluding hydrogens is 334 g/mol. The van der Waals surface area contributed by atoms with Gasteiger partial charge in [0.15, 0.2) is 0 Å². The first-order chi connectivity index (χ1) is 12.3. The van der Waals surface area contributed by atoms with Gasteiger partial charge in [-0.15, -0.1) is 0 Å². The number of hydrogen-bond donors (Lipinski definition) is 3. The van der Waals surface area contributed by atoms with Gasteiger partial charge in [0.25, 0.3) is 5.56 Å². The molecule has 0 aliphatic rings. The number of hydrogen-bond acceptors (Lipinski definition) is 4. The number of aromatic nitrogens is 4. The second-order valence-corrected chi connectivity index (χ2v) is 6.07. The van der Waals surface area contributed by atoms with E-state index in [1.807, 2.05) is 30.5 Å². The minimum absolute atomic E-state index is 0.125. The number of aryl methyl sites for hydroxylation is 2. The molecule has 0 aliphatic carbocycles. The quantitative estimate of drug-likeness (QED) is 0.657. The SMILES string of the molecule is Cc1ncn(-c2ccc(NC(=O)Cc3c(C)[nH]c(=O)[nH]c3=O)cc2)c1C. The molecule has 2 aromatic heterocycles. The van der Waals surface area contributed by atoms with Gasteiger partial charge in [0, 0.05) is 28.3 Å². The van der Waals surface area contributed by atoms with Crippen molar-refractivity contribution in [2.75, 3.05) is 5.32 Å². The number of amides is 1. The van der Waals surface area contributed by atoms with Gasteiger partial charge in [0.1, 0.15) is 0 Å². The van der Waals surface area contributed by atoms with Gasteiger partial charge in [-0.1, -0.05) is 0 Å². The first-order valence-corrected chi connectivity index (χ1v) is 8.08. The highest BCUT2D eigenvalue weighted by Gasteiger charge is 2.12. The van der Waals surface area contributed by atoms with Crippen LogP contribution in [0.1, 0.15) is 22.6 Å². The fraction of sp³-hybridized carbons (Fsp3) is 0.222. The molecule has 0 bridgehead atoms. The van der Waals surface area contributed by atoms with Crippen LogP contribution in [0.5, 0.6) is 0 Å². The third-order valence-electron chi connectivity index (χ3n) is 4.27. The highest BCUT2D eigenvalue weighted by molar-refractivity contribution is 5.92. The Morgan fingerprint density at radius 2 is 1.81 bits per heavy atom. The number of nitrogens with zero attached hydrogens (tertiary/aromatic N) is 2. The van der Waals surface area contributed by atoms with Crippen LogP contribution in [0.3, 0.4) is 0 Å². The molecule has 1 amide bonds. The maximum atomic E-state index is 12.2. The van der Waals surface area contributed by atoms with Crippen LogP contribution in [0, 0.1) is 20.8 Å². The zero-order valence-corrected chi connectivity index (χ0v) is 14.7. The molecular formula is C18H19N5O3. The lowest BCUT2D eigenvalue weighted by Gasteiger charge is -2.09. The maximum Gasteiger partial charge on any atom is 0.325 e. The smallest absolute Gasteiger partial charge is 0.325 e. The molecule has 0 saturated carbocycles. The lowest BCUT2D eigenvalue weighted by molar-refractivity contribution is -0.115. The fourth-order valence-corrected chi connectivity index (χ4v) is 2.67. The molecule has 0 atom stereocenters. The summed E-state index contributed by atoms with van der Waals surface area (Å²) >= 11 is 0. The van der Waals surface area contributed by atoms with Crippen LogP contribution in [0.25, 0.3) is 5.69 Å². The van der Waals surface area contributed by atoms with Gasteiger partial charge in [-0.3, -0.25) is 14.6 Å². The highest BCUT2D eigenvalue weighted by Crippen LogP contribution is 2.17. The summed E-state index contributed by atoms with van der Waals surface area (Å²) in [5.41, 5.74) is 3.05. The van der Waals surface area contributed by atoms with Crippen LogP contribution in [0.15, 0.2) is 40.2 Å². The molecule has 0 saturated heterocycles. The van der Waals surface area contributed by atoms with Gasteiger partial charge in [0.05, 0.1) is 18.4 Å². The third kappa shape index (κ3) is 3.49. The van der Waals surface area contributed by atoms with Crippen LogP contribution in [0.2, 0.25) is 0 Å². The van der Waals surface area contributed by atoms with Crippen molar-refractivity contribution in [3.8, 4) is 5.69 Å². The van der Waals surface area contributed by atoms with E-state index >= 15 is 0 Å². The summed E-state index contributed by atoms with van der Waals surface area (Å²) in [5.74, 6) is -0.340. The highest BCUT2D eigenvalue weighted by atomic mass is 16.2. The first-order valence-electron chi connectivity index (χ1n) is 8.08. The number of benzene rings is 1. The Bertz CT molecular complexity index is 1070. The van der Waals surface area contributed by atoms with Crippen molar-refractivity contribution in [2.24, 2.45) is 0 Å². The van der Waals surface area contributed by atoms with E-state index in [0.29, 0.717) is 11.4 Å². The zero-order chi connectivity index (χ0) is 18.8. The van der Waals surface area contributed by atoms with E-state index in [0.717, 1.165) is 17.1 Å². The van der Waals surface area contributed by atoms with Crippen LogP contribution >= 0.6 is 0 Å². The van der Waals surface area contributed by atoms with E-state index in [4.69, 9.17) is 0 Å². The Morgan fingerprint density at radius 3 is 2.38 bits per heavy atom. The van der Waals surface area contributed by atoms with Crippen molar-refractivity contribution in [1.82, 2.24) is 19.5 Å². The first kappa shape index (κ1) is 17.4. The summed E-state index contributed by atoms with van der Waals surface area (Å²) < 4.78 is 1.96. The van der Waals surface area contributed by atoms with E-state index in [1.54, 1.807) is 25.4 Å². The molecule has 134 valence electrons. The molecule has 3 rings (SSSR count). The Morgan fingerprint density at radius 1 is 1.12 bits per heavy atom. The second kappa shape index (κ2) is 6.83. The van der Waals surface area contributed by atoms with Crippen LogP contribution < -0.4 is 16.6 Å². The van der Waals surface area contributed by atoms with Crippen LogP contribution in [-0.4, -0.2) is 25.4 Å². The number of rotatable bonds is 4. The average molecular weight is 353 g/mol. The minimum Gasteiger partial charge on any atom is -0.326 e. The molecule has 26 heavy (non-hydrogen) atoms. The standard InChI is InChI=1S/C18H19N5O3/c1-10-12(3)23(9-19-10)14-6-4-13(5-7-14)21-16(24)8-15-11(2)20-18(26)22-17(15)25/h4-7,9H,8H2,1-3H3,(H,21,24)(H2,20,22,25,26). The van der Waals surface area contributed by atoms with Crippen molar-refractivity contribution in [1.29, 1.82) is 0 Å². The van der Waals surface area contributed by atoms with Crippen molar-refractivity contribution in [3.63, 3.8) is 0 Å². The Hall–Kier alpha value is -3.42. The summed E-state index contributed by atoms with van der Waals surface area (Å²) in [6, 6.07) is 7.32. The number of carbonyl (C=O) groups excluding carboxylic acids is 1. The third-order valence-corrected chi connectivity index (χ3v) is 4.27. The maximum absolute atomic E-state index is 12.2. The fourth-order valence-electron chi connectivity index (χ4n) is 2.67. The average Bonchev–Trinajstić information content (AvgIpc) is 2.91. The Labute approximate surface area is 148 Å². The summed E-state index contributed by atoms with van der Waals surface area (Å²) in [6.45, 7) is 5.52. The van der Waals surface area contributed by atoms with E-state index < -0.39 is 11.2 Å². The normalized spacial score (nSPS) is 10.7. The number of carbonyl (C=O) groups is 1. The number of H-pyrrole nitrogens is 2. The Kier molecular flexibility index (Phi) is 4.57. The van der Waals surface area contributed by atoms with Crippen molar-refractivity contribution in [3.05, 3.63) is 74.1 Å². The molecule has 3 N–H and O–H groups in total. The molecule has 0 unspecified atom stereocenters. The van der Waals surface area contributed by atoms with Crippen LogP contribution in [-0.2, 0) is 11.2 Å². The monoisotopic (exact) mass is 353 g/mol. The number of imidazole rings is 1. The largest absolute Gasteiger partial charge is 0.326 e. The molecule has 0 radical (unpaired) electrons. The van der Waals surface area contributed by atoms with Crippen molar-refractivity contribution < 1.29 is 4.79 Å². The summed E-state index contributed by atoms with van der Waals surface area (Å²) in [5, 5.41) is 2.75. The van der Waals surface area contributed by atoms with Gasteiger partial charge < -0.3 is 14.9 Å². The van der Waals surface area contributed by atoms with Gasteiger partial charge in [0.2, 0.25) is 5.91 Å². The molecule has 0 fully saturated rings.